The van der Waals surface area contributed by atoms with Crippen LogP contribution < -0.4 is 10.1 Å². The molecule has 0 aliphatic rings. The molecule has 4 aromatic rings. The molecule has 1 unspecified atom stereocenters. The SMILES string of the molecule is COc1ccccc1C(C)NC(=O)c1ccc(-c2nnc(-c3ccccc3C)o2)cc1. The molecule has 1 heterocycles. The van der Waals surface area contributed by atoms with Crippen molar-refractivity contribution in [3.05, 3.63) is 89.5 Å². The fourth-order valence-electron chi connectivity index (χ4n) is 3.41. The summed E-state index contributed by atoms with van der Waals surface area (Å²) in [6.07, 6.45) is 0. The normalized spacial score (nSPS) is 11.7. The highest BCUT2D eigenvalue weighted by atomic mass is 16.5. The molecule has 0 aliphatic heterocycles. The van der Waals surface area contributed by atoms with Crippen molar-refractivity contribution in [2.45, 2.75) is 19.9 Å². The van der Waals surface area contributed by atoms with Crippen LogP contribution in [0.5, 0.6) is 5.75 Å². The number of nitrogens with one attached hydrogen (secondary N) is 1. The van der Waals surface area contributed by atoms with Crippen molar-refractivity contribution in [3.63, 3.8) is 0 Å². The standard InChI is InChI=1S/C25H23N3O3/c1-16-8-4-5-9-20(16)25-28-27-24(31-25)19-14-12-18(13-15-19)23(29)26-17(2)21-10-6-7-11-22(21)30-3/h4-15,17H,1-3H3,(H,26,29). The lowest BCUT2D eigenvalue weighted by Gasteiger charge is -2.17. The van der Waals surface area contributed by atoms with E-state index in [-0.39, 0.29) is 11.9 Å². The first kappa shape index (κ1) is 20.3. The molecule has 0 saturated carbocycles. The van der Waals surface area contributed by atoms with E-state index in [2.05, 4.69) is 15.5 Å². The van der Waals surface area contributed by atoms with Crippen LogP contribution in [0.2, 0.25) is 0 Å². The summed E-state index contributed by atoms with van der Waals surface area (Å²) in [5, 5.41) is 11.3. The van der Waals surface area contributed by atoms with Crippen LogP contribution in [0, 0.1) is 6.92 Å². The first-order valence-electron chi connectivity index (χ1n) is 10.0. The number of methoxy groups -OCH3 is 1. The molecule has 0 fully saturated rings. The van der Waals surface area contributed by atoms with E-state index >= 15 is 0 Å². The third-order valence-electron chi connectivity index (χ3n) is 5.15. The summed E-state index contributed by atoms with van der Waals surface area (Å²) in [7, 11) is 1.62. The molecule has 3 aromatic carbocycles. The van der Waals surface area contributed by atoms with Gasteiger partial charge in [-0.25, -0.2) is 0 Å². The first-order chi connectivity index (χ1) is 15.1. The lowest BCUT2D eigenvalue weighted by molar-refractivity contribution is 0.0939. The fraction of sp³-hybridized carbons (Fsp3) is 0.160. The van der Waals surface area contributed by atoms with Crippen LogP contribution >= 0.6 is 0 Å². The number of aryl methyl sites for hydroxylation is 1. The molecule has 1 N–H and O–H groups in total. The highest BCUT2D eigenvalue weighted by Crippen LogP contribution is 2.27. The fourth-order valence-corrected chi connectivity index (χ4v) is 3.41. The Kier molecular flexibility index (Phi) is 5.80. The van der Waals surface area contributed by atoms with Gasteiger partial charge >= 0.3 is 0 Å². The molecule has 0 saturated heterocycles. The molecule has 0 radical (unpaired) electrons. The molecule has 6 heteroatoms. The maximum atomic E-state index is 12.7. The van der Waals surface area contributed by atoms with Gasteiger partial charge in [-0.15, -0.1) is 10.2 Å². The van der Waals surface area contributed by atoms with Gasteiger partial charge < -0.3 is 14.5 Å². The van der Waals surface area contributed by atoms with Gasteiger partial charge in [0.1, 0.15) is 5.75 Å². The van der Waals surface area contributed by atoms with E-state index in [4.69, 9.17) is 9.15 Å². The highest BCUT2D eigenvalue weighted by molar-refractivity contribution is 5.94. The molecule has 156 valence electrons. The average molecular weight is 413 g/mol. The van der Waals surface area contributed by atoms with Crippen LogP contribution in [0.1, 0.15) is 34.5 Å². The molecule has 1 amide bonds. The number of hydrogen-bond acceptors (Lipinski definition) is 5. The second kappa shape index (κ2) is 8.83. The van der Waals surface area contributed by atoms with E-state index in [9.17, 15) is 4.79 Å². The Labute approximate surface area is 180 Å². The van der Waals surface area contributed by atoms with E-state index in [1.54, 1.807) is 31.4 Å². The summed E-state index contributed by atoms with van der Waals surface area (Å²) in [6, 6.07) is 22.4. The van der Waals surface area contributed by atoms with Gasteiger partial charge in [-0.1, -0.05) is 36.4 Å². The molecule has 0 spiro atoms. The second-order valence-corrected chi connectivity index (χ2v) is 7.24. The summed E-state index contributed by atoms with van der Waals surface area (Å²) in [5.74, 6) is 1.45. The summed E-state index contributed by atoms with van der Waals surface area (Å²) in [5.41, 5.74) is 4.19. The topological polar surface area (TPSA) is 77.2 Å². The number of carbonyl (C=O) groups is 1. The largest absolute Gasteiger partial charge is 0.496 e. The Morgan fingerprint density at radius 3 is 2.35 bits per heavy atom. The Morgan fingerprint density at radius 2 is 1.61 bits per heavy atom. The van der Waals surface area contributed by atoms with Crippen molar-refractivity contribution in [1.29, 1.82) is 0 Å². The number of carbonyl (C=O) groups excluding carboxylic acids is 1. The molecule has 1 aromatic heterocycles. The van der Waals surface area contributed by atoms with E-state index in [1.807, 2.05) is 62.4 Å². The zero-order chi connectivity index (χ0) is 21.8. The van der Waals surface area contributed by atoms with Crippen LogP contribution in [0.3, 0.4) is 0 Å². The monoisotopic (exact) mass is 413 g/mol. The predicted octanol–water partition coefficient (Wildman–Crippen LogP) is 5.21. The Hall–Kier alpha value is -3.93. The summed E-state index contributed by atoms with van der Waals surface area (Å²) >= 11 is 0. The molecule has 0 bridgehead atoms. The van der Waals surface area contributed by atoms with Gasteiger partial charge in [0, 0.05) is 22.3 Å². The Morgan fingerprint density at radius 1 is 0.935 bits per heavy atom. The number of amides is 1. The quantitative estimate of drug-likeness (QED) is 0.469. The van der Waals surface area contributed by atoms with Crippen molar-refractivity contribution < 1.29 is 13.9 Å². The Balaban J connectivity index is 1.48. The number of nitrogens with zero attached hydrogens (tertiary/aromatic N) is 2. The maximum Gasteiger partial charge on any atom is 0.251 e. The van der Waals surface area contributed by atoms with Crippen molar-refractivity contribution in [1.82, 2.24) is 15.5 Å². The maximum absolute atomic E-state index is 12.7. The lowest BCUT2D eigenvalue weighted by atomic mass is 10.1. The molecule has 1 atom stereocenters. The highest BCUT2D eigenvalue weighted by Gasteiger charge is 2.16. The molecular weight excluding hydrogens is 390 g/mol. The van der Waals surface area contributed by atoms with Gasteiger partial charge in [-0.3, -0.25) is 4.79 Å². The number of rotatable bonds is 6. The van der Waals surface area contributed by atoms with Crippen molar-refractivity contribution in [3.8, 4) is 28.7 Å². The van der Waals surface area contributed by atoms with Crippen molar-refractivity contribution in [2.24, 2.45) is 0 Å². The van der Waals surface area contributed by atoms with Crippen molar-refractivity contribution in [2.75, 3.05) is 7.11 Å². The third-order valence-corrected chi connectivity index (χ3v) is 5.15. The van der Waals surface area contributed by atoms with Crippen LogP contribution in [0.15, 0.2) is 77.2 Å². The average Bonchev–Trinajstić information content (AvgIpc) is 3.29. The lowest BCUT2D eigenvalue weighted by Crippen LogP contribution is -2.26. The first-order valence-corrected chi connectivity index (χ1v) is 10.0. The molecule has 31 heavy (non-hydrogen) atoms. The Bertz CT molecular complexity index is 1200. The summed E-state index contributed by atoms with van der Waals surface area (Å²) in [6.45, 7) is 3.92. The van der Waals surface area contributed by atoms with Crippen LogP contribution in [-0.2, 0) is 0 Å². The molecule has 4 rings (SSSR count). The summed E-state index contributed by atoms with van der Waals surface area (Å²) in [4.78, 5) is 12.7. The van der Waals surface area contributed by atoms with Gasteiger partial charge in [0.15, 0.2) is 0 Å². The second-order valence-electron chi connectivity index (χ2n) is 7.24. The van der Waals surface area contributed by atoms with Gasteiger partial charge in [-0.2, -0.15) is 0 Å². The van der Waals surface area contributed by atoms with Gasteiger partial charge in [0.2, 0.25) is 11.8 Å². The van der Waals surface area contributed by atoms with Gasteiger partial charge in [0.05, 0.1) is 13.2 Å². The minimum Gasteiger partial charge on any atom is -0.496 e. The van der Waals surface area contributed by atoms with Crippen LogP contribution in [0.25, 0.3) is 22.9 Å². The van der Waals surface area contributed by atoms with Gasteiger partial charge in [-0.05, 0) is 55.8 Å². The number of benzene rings is 3. The van der Waals surface area contributed by atoms with Crippen LogP contribution in [0.4, 0.5) is 0 Å². The molecular formula is C25H23N3O3. The van der Waals surface area contributed by atoms with E-state index in [0.29, 0.717) is 17.3 Å². The zero-order valence-electron chi connectivity index (χ0n) is 17.6. The van der Waals surface area contributed by atoms with Gasteiger partial charge in [0.25, 0.3) is 5.91 Å². The predicted molar refractivity (Wildman–Crippen MR) is 119 cm³/mol. The molecule has 6 nitrogen and oxygen atoms in total. The number of ether oxygens (including phenoxy) is 1. The van der Waals surface area contributed by atoms with E-state index in [1.165, 1.54) is 0 Å². The third kappa shape index (κ3) is 4.33. The van der Waals surface area contributed by atoms with E-state index in [0.717, 1.165) is 28.0 Å². The smallest absolute Gasteiger partial charge is 0.251 e. The number of para-hydroxylation sites is 1. The van der Waals surface area contributed by atoms with Crippen LogP contribution in [-0.4, -0.2) is 23.2 Å². The molecule has 0 aliphatic carbocycles. The van der Waals surface area contributed by atoms with Crippen molar-refractivity contribution >= 4 is 5.91 Å². The minimum absolute atomic E-state index is 0.170. The minimum atomic E-state index is -0.198. The zero-order valence-corrected chi connectivity index (χ0v) is 17.6. The number of aromatic nitrogens is 2. The summed E-state index contributed by atoms with van der Waals surface area (Å²) < 4.78 is 11.2. The number of hydrogen-bond donors (Lipinski definition) is 1. The van der Waals surface area contributed by atoms with E-state index < -0.39 is 0 Å².